The summed E-state index contributed by atoms with van der Waals surface area (Å²) in [4.78, 5) is 15.5. The Kier molecular flexibility index (Phi) is 5.51. The van der Waals surface area contributed by atoms with Gasteiger partial charge in [0.2, 0.25) is 0 Å². The normalized spacial score (nSPS) is 10.0. The van der Waals surface area contributed by atoms with Gasteiger partial charge in [0.05, 0.1) is 5.56 Å². The number of carbonyl (C=O) groups excluding carboxylic acids is 1. The Morgan fingerprint density at radius 2 is 2.00 bits per heavy atom. The fourth-order valence-corrected chi connectivity index (χ4v) is 2.33. The molecule has 0 N–H and O–H groups in total. The number of hydrogen-bond donors (Lipinski definition) is 0. The van der Waals surface area contributed by atoms with E-state index in [0.717, 1.165) is 0 Å². The van der Waals surface area contributed by atoms with Crippen LogP contribution in [0.25, 0.3) is 0 Å². The lowest BCUT2D eigenvalue weighted by atomic mass is 10.2. The summed E-state index contributed by atoms with van der Waals surface area (Å²) in [7, 11) is 0. The molecule has 1 rings (SSSR count). The molecule has 0 aromatic heterocycles. The van der Waals surface area contributed by atoms with Crippen molar-refractivity contribution >= 4 is 49.7 Å². The molecule has 0 aliphatic rings. The number of nitrogens with zero attached hydrogens (tertiary/aromatic N) is 1. The van der Waals surface area contributed by atoms with Crippen molar-refractivity contribution < 1.29 is 9.18 Å². The Balaban J connectivity index is 3.01. The van der Waals surface area contributed by atoms with Crippen LogP contribution < -0.4 is 0 Å². The number of aliphatic imine (C=N–C) groups is 1. The van der Waals surface area contributed by atoms with Crippen molar-refractivity contribution in [3.05, 3.63) is 34.1 Å². The molecule has 0 saturated carbocycles. The fraction of sp³-hybridized carbons (Fsp3) is 0.200. The minimum Gasteiger partial charge on any atom is -0.267 e. The van der Waals surface area contributed by atoms with E-state index in [1.807, 2.05) is 12.5 Å². The van der Waals surface area contributed by atoms with E-state index in [-0.39, 0.29) is 5.56 Å². The Morgan fingerprint density at radius 1 is 1.38 bits per heavy atom. The van der Waals surface area contributed by atoms with E-state index in [1.54, 1.807) is 6.07 Å². The number of carbonyl (C=O) groups is 1. The zero-order valence-corrected chi connectivity index (χ0v) is 11.9. The first-order valence-corrected chi connectivity index (χ1v) is 7.48. The van der Waals surface area contributed by atoms with Crippen LogP contribution in [0.5, 0.6) is 0 Å². The van der Waals surface area contributed by atoms with E-state index < -0.39 is 11.7 Å². The average Bonchev–Trinajstić information content (AvgIpc) is 2.25. The quantitative estimate of drug-likeness (QED) is 0.582. The van der Waals surface area contributed by atoms with Crippen LogP contribution in [0.3, 0.4) is 0 Å². The molecule has 0 radical (unpaired) electrons. The smallest absolute Gasteiger partial charge is 0.267 e. The summed E-state index contributed by atoms with van der Waals surface area (Å²) in [5, 5.41) is 0. The van der Waals surface area contributed by atoms with Gasteiger partial charge < -0.3 is 0 Å². The van der Waals surface area contributed by atoms with Crippen molar-refractivity contribution in [3.63, 3.8) is 0 Å². The SMILES string of the molecule is CSC(=NC(=O)c1ccc(Br)cc1F)SC. The van der Waals surface area contributed by atoms with Gasteiger partial charge in [0, 0.05) is 4.47 Å². The van der Waals surface area contributed by atoms with Crippen LogP contribution in [0.1, 0.15) is 10.4 Å². The van der Waals surface area contributed by atoms with Gasteiger partial charge in [-0.25, -0.2) is 4.39 Å². The first kappa shape index (κ1) is 13.7. The summed E-state index contributed by atoms with van der Waals surface area (Å²) in [5.41, 5.74) is -0.0104. The second-order valence-electron chi connectivity index (χ2n) is 2.72. The maximum atomic E-state index is 13.4. The van der Waals surface area contributed by atoms with Crippen molar-refractivity contribution in [2.24, 2.45) is 4.99 Å². The highest BCUT2D eigenvalue weighted by Crippen LogP contribution is 2.18. The monoisotopic (exact) mass is 321 g/mol. The van der Waals surface area contributed by atoms with E-state index in [0.29, 0.717) is 8.85 Å². The van der Waals surface area contributed by atoms with Gasteiger partial charge in [0.25, 0.3) is 5.91 Å². The third-order valence-corrected chi connectivity index (χ3v) is 4.08. The Hall–Kier alpha value is -0.330. The van der Waals surface area contributed by atoms with E-state index in [4.69, 9.17) is 0 Å². The van der Waals surface area contributed by atoms with Crippen molar-refractivity contribution in [2.75, 3.05) is 12.5 Å². The van der Waals surface area contributed by atoms with Crippen LogP contribution in [-0.2, 0) is 0 Å². The second-order valence-corrected chi connectivity index (χ2v) is 5.48. The molecule has 0 unspecified atom stereocenters. The van der Waals surface area contributed by atoms with Gasteiger partial charge in [-0.3, -0.25) is 4.79 Å². The molecule has 1 aromatic carbocycles. The number of hydrogen-bond acceptors (Lipinski definition) is 3. The van der Waals surface area contributed by atoms with Gasteiger partial charge >= 0.3 is 0 Å². The molecular weight excluding hydrogens is 313 g/mol. The van der Waals surface area contributed by atoms with E-state index in [2.05, 4.69) is 20.9 Å². The maximum absolute atomic E-state index is 13.4. The summed E-state index contributed by atoms with van der Waals surface area (Å²) in [6.45, 7) is 0. The molecular formula is C10H9BrFNOS2. The molecule has 0 bridgehead atoms. The molecule has 0 heterocycles. The predicted molar refractivity (Wildman–Crippen MR) is 72.9 cm³/mol. The molecule has 0 aliphatic heterocycles. The highest BCUT2D eigenvalue weighted by Gasteiger charge is 2.11. The molecule has 0 fully saturated rings. The van der Waals surface area contributed by atoms with Gasteiger partial charge in [-0.2, -0.15) is 4.99 Å². The standard InChI is InChI=1S/C10H9BrFNOS2/c1-15-10(16-2)13-9(14)7-4-3-6(11)5-8(7)12/h3-5H,1-2H3. The minimum absolute atomic E-state index is 0.0104. The zero-order valence-electron chi connectivity index (χ0n) is 8.66. The second kappa shape index (κ2) is 6.42. The summed E-state index contributed by atoms with van der Waals surface area (Å²) < 4.78 is 14.6. The van der Waals surface area contributed by atoms with Crippen LogP contribution in [0.2, 0.25) is 0 Å². The maximum Gasteiger partial charge on any atom is 0.281 e. The number of halogens is 2. The van der Waals surface area contributed by atoms with Crippen LogP contribution in [0.4, 0.5) is 4.39 Å². The number of thioether (sulfide) groups is 2. The van der Waals surface area contributed by atoms with E-state index >= 15 is 0 Å². The summed E-state index contributed by atoms with van der Waals surface area (Å²) in [6, 6.07) is 4.29. The molecule has 0 saturated heterocycles. The summed E-state index contributed by atoms with van der Waals surface area (Å²) in [6.07, 6.45) is 3.64. The van der Waals surface area contributed by atoms with Gasteiger partial charge in [-0.05, 0) is 30.7 Å². The van der Waals surface area contributed by atoms with Crippen LogP contribution >= 0.6 is 39.5 Å². The molecule has 0 atom stereocenters. The van der Waals surface area contributed by atoms with Crippen molar-refractivity contribution in [1.29, 1.82) is 0 Å². The van der Waals surface area contributed by atoms with Crippen LogP contribution in [-0.4, -0.2) is 22.8 Å². The Bertz CT molecular complexity index is 431. The highest BCUT2D eigenvalue weighted by molar-refractivity contribution is 9.10. The molecule has 6 heteroatoms. The third kappa shape index (κ3) is 3.61. The van der Waals surface area contributed by atoms with E-state index in [1.165, 1.54) is 35.7 Å². The first-order valence-electron chi connectivity index (χ1n) is 4.24. The third-order valence-electron chi connectivity index (χ3n) is 1.70. The van der Waals surface area contributed by atoms with Crippen LogP contribution in [0, 0.1) is 5.82 Å². The van der Waals surface area contributed by atoms with Gasteiger partial charge in [0.1, 0.15) is 10.2 Å². The van der Waals surface area contributed by atoms with E-state index in [9.17, 15) is 9.18 Å². The lowest BCUT2D eigenvalue weighted by Crippen LogP contribution is -2.01. The molecule has 16 heavy (non-hydrogen) atoms. The van der Waals surface area contributed by atoms with Gasteiger partial charge in [0.15, 0.2) is 0 Å². The first-order chi connectivity index (χ1) is 7.58. The fourth-order valence-electron chi connectivity index (χ4n) is 0.981. The van der Waals surface area contributed by atoms with Crippen molar-refractivity contribution in [1.82, 2.24) is 0 Å². The van der Waals surface area contributed by atoms with Crippen molar-refractivity contribution in [2.45, 2.75) is 0 Å². The van der Waals surface area contributed by atoms with Gasteiger partial charge in [-0.15, -0.1) is 23.5 Å². The van der Waals surface area contributed by atoms with Crippen LogP contribution in [0.15, 0.2) is 27.7 Å². The molecule has 0 spiro atoms. The Labute approximate surface area is 110 Å². The molecule has 1 aromatic rings. The van der Waals surface area contributed by atoms with Gasteiger partial charge in [-0.1, -0.05) is 15.9 Å². The molecule has 1 amide bonds. The molecule has 2 nitrogen and oxygen atoms in total. The topological polar surface area (TPSA) is 29.4 Å². The Morgan fingerprint density at radius 3 is 2.50 bits per heavy atom. The predicted octanol–water partition coefficient (Wildman–Crippen LogP) is 3.81. The minimum atomic E-state index is -0.565. The average molecular weight is 322 g/mol. The highest BCUT2D eigenvalue weighted by atomic mass is 79.9. The van der Waals surface area contributed by atoms with Crippen molar-refractivity contribution in [3.8, 4) is 0 Å². The molecule has 86 valence electrons. The lowest BCUT2D eigenvalue weighted by Gasteiger charge is -2.00. The number of benzene rings is 1. The summed E-state index contributed by atoms with van der Waals surface area (Å²) >= 11 is 5.85. The lowest BCUT2D eigenvalue weighted by molar-refractivity contribution is 0.0999. The number of amides is 1. The molecule has 0 aliphatic carbocycles. The zero-order chi connectivity index (χ0) is 12.1. The number of rotatable bonds is 1. The largest absolute Gasteiger partial charge is 0.281 e. The summed E-state index contributed by atoms with van der Waals surface area (Å²) in [5.74, 6) is -1.12.